The summed E-state index contributed by atoms with van der Waals surface area (Å²) >= 11 is 0. The van der Waals surface area contributed by atoms with Crippen LogP contribution >= 0.6 is 0 Å². The first-order valence-corrected chi connectivity index (χ1v) is 3.88. The number of carbonyl (C=O) groups excluding carboxylic acids is 1. The molecule has 2 heteroatoms. The van der Waals surface area contributed by atoms with Gasteiger partial charge in [-0.15, -0.1) is 0 Å². The summed E-state index contributed by atoms with van der Waals surface area (Å²) in [7, 11) is 0. The van der Waals surface area contributed by atoms with Crippen molar-refractivity contribution < 1.29 is 9.90 Å². The van der Waals surface area contributed by atoms with Gasteiger partial charge < -0.3 is 9.90 Å². The Kier molecular flexibility index (Phi) is 2.48. The van der Waals surface area contributed by atoms with Crippen molar-refractivity contribution >= 4 is 5.97 Å². The fourth-order valence-electron chi connectivity index (χ4n) is 0.991. The average Bonchev–Trinajstić information content (AvgIpc) is 2.04. The zero-order valence-corrected chi connectivity index (χ0v) is 7.20. The molecule has 1 atom stereocenters. The largest absolute Gasteiger partial charge is 0.550 e. The molecular weight excluding hydrogens is 152 g/mol. The second-order valence-electron chi connectivity index (χ2n) is 2.95. The van der Waals surface area contributed by atoms with Gasteiger partial charge in [0, 0.05) is 11.9 Å². The van der Waals surface area contributed by atoms with E-state index in [1.807, 2.05) is 31.2 Å². The first kappa shape index (κ1) is 8.78. The number of hydrogen-bond acceptors (Lipinski definition) is 2. The predicted octanol–water partition coefficient (Wildman–Crippen LogP) is 0.848. The second kappa shape index (κ2) is 3.39. The maximum absolute atomic E-state index is 10.5. The molecule has 0 N–H and O–H groups in total. The Morgan fingerprint density at radius 3 is 2.25 bits per heavy atom. The van der Waals surface area contributed by atoms with Crippen LogP contribution in [0.4, 0.5) is 0 Å². The van der Waals surface area contributed by atoms with Gasteiger partial charge in [0.05, 0.1) is 0 Å². The molecule has 0 saturated heterocycles. The zero-order chi connectivity index (χ0) is 9.14. The number of carbonyl (C=O) groups is 1. The lowest BCUT2D eigenvalue weighted by atomic mass is 10.0. The van der Waals surface area contributed by atoms with Gasteiger partial charge in [0.1, 0.15) is 0 Å². The van der Waals surface area contributed by atoms with Crippen molar-refractivity contribution in [1.82, 2.24) is 0 Å². The molecule has 1 rings (SSSR count). The molecule has 0 aliphatic heterocycles. The highest BCUT2D eigenvalue weighted by Crippen LogP contribution is 2.14. The van der Waals surface area contributed by atoms with E-state index in [-0.39, 0.29) is 0 Å². The van der Waals surface area contributed by atoms with Crippen LogP contribution in [0.3, 0.4) is 0 Å². The Morgan fingerprint density at radius 1 is 1.33 bits per heavy atom. The van der Waals surface area contributed by atoms with Crippen molar-refractivity contribution in [3.05, 3.63) is 35.4 Å². The van der Waals surface area contributed by atoms with Gasteiger partial charge in [-0.05, 0) is 12.5 Å². The molecule has 1 aromatic rings. The molecule has 0 aliphatic carbocycles. The fourth-order valence-corrected chi connectivity index (χ4v) is 0.991. The Bertz CT molecular complexity index is 274. The second-order valence-corrected chi connectivity index (χ2v) is 2.95. The summed E-state index contributed by atoms with van der Waals surface area (Å²) in [5.74, 6) is -1.55. The van der Waals surface area contributed by atoms with Crippen LogP contribution in [0.25, 0.3) is 0 Å². The van der Waals surface area contributed by atoms with Gasteiger partial charge in [-0.2, -0.15) is 0 Å². The molecule has 0 heterocycles. The summed E-state index contributed by atoms with van der Waals surface area (Å²) in [5.41, 5.74) is 1.92. The van der Waals surface area contributed by atoms with Gasteiger partial charge in [-0.25, -0.2) is 0 Å². The number of aryl methyl sites for hydroxylation is 1. The van der Waals surface area contributed by atoms with Gasteiger partial charge in [0.25, 0.3) is 0 Å². The topological polar surface area (TPSA) is 40.1 Å². The lowest BCUT2D eigenvalue weighted by Crippen LogP contribution is -2.27. The summed E-state index contributed by atoms with van der Waals surface area (Å²) in [6.45, 7) is 3.59. The van der Waals surface area contributed by atoms with Crippen molar-refractivity contribution in [2.24, 2.45) is 0 Å². The van der Waals surface area contributed by atoms with E-state index >= 15 is 0 Å². The molecular formula is C10H11O2-. The highest BCUT2D eigenvalue weighted by Gasteiger charge is 2.04. The predicted molar refractivity (Wildman–Crippen MR) is 44.6 cm³/mol. The van der Waals surface area contributed by atoms with Crippen LogP contribution in [-0.4, -0.2) is 5.97 Å². The molecule has 1 aromatic carbocycles. The number of benzene rings is 1. The molecule has 0 amide bonds. The van der Waals surface area contributed by atoms with Gasteiger partial charge in [0.2, 0.25) is 0 Å². The maximum atomic E-state index is 10.5. The summed E-state index contributed by atoms with van der Waals surface area (Å²) in [5, 5.41) is 10.5. The minimum Gasteiger partial charge on any atom is -0.550 e. The normalized spacial score (nSPS) is 12.5. The van der Waals surface area contributed by atoms with Crippen LogP contribution in [0.2, 0.25) is 0 Å². The molecule has 0 bridgehead atoms. The number of rotatable bonds is 2. The molecule has 12 heavy (non-hydrogen) atoms. The first-order valence-electron chi connectivity index (χ1n) is 3.88. The van der Waals surface area contributed by atoms with Crippen LogP contribution in [-0.2, 0) is 4.79 Å². The number of carboxylic acids is 1. The Hall–Kier alpha value is -1.31. The Morgan fingerprint density at radius 2 is 1.83 bits per heavy atom. The molecule has 64 valence electrons. The van der Waals surface area contributed by atoms with E-state index in [4.69, 9.17) is 0 Å². The third-order valence-corrected chi connectivity index (χ3v) is 1.93. The molecule has 0 aliphatic rings. The van der Waals surface area contributed by atoms with Gasteiger partial charge in [0.15, 0.2) is 0 Å². The maximum Gasteiger partial charge on any atom is 0.0486 e. The summed E-state index contributed by atoms with van der Waals surface area (Å²) in [6.07, 6.45) is 0. The standard InChI is InChI=1S/C10H12O2/c1-7-3-5-9(6-4-7)8(2)10(11)12/h3-6,8H,1-2H3,(H,11,12)/p-1/t8-/m0/s1. The summed E-state index contributed by atoms with van der Waals surface area (Å²) in [4.78, 5) is 10.5. The lowest BCUT2D eigenvalue weighted by Gasteiger charge is -2.12. The van der Waals surface area contributed by atoms with E-state index in [0.717, 1.165) is 11.1 Å². The molecule has 0 saturated carbocycles. The van der Waals surface area contributed by atoms with E-state index < -0.39 is 11.9 Å². The molecule has 2 nitrogen and oxygen atoms in total. The van der Waals surface area contributed by atoms with Crippen LogP contribution in [0.1, 0.15) is 24.0 Å². The third-order valence-electron chi connectivity index (χ3n) is 1.93. The number of aliphatic carboxylic acids is 1. The molecule has 0 fully saturated rings. The lowest BCUT2D eigenvalue weighted by molar-refractivity contribution is -0.307. The number of carboxylic acid groups (broad SMARTS) is 1. The van der Waals surface area contributed by atoms with Gasteiger partial charge in [-0.3, -0.25) is 0 Å². The SMILES string of the molecule is Cc1ccc([C@H](C)C(=O)[O-])cc1. The average molecular weight is 163 g/mol. The minimum absolute atomic E-state index is 0.523. The third kappa shape index (κ3) is 1.84. The van der Waals surface area contributed by atoms with Crippen molar-refractivity contribution in [3.8, 4) is 0 Å². The van der Waals surface area contributed by atoms with Crippen molar-refractivity contribution in [2.45, 2.75) is 19.8 Å². The smallest absolute Gasteiger partial charge is 0.0486 e. The van der Waals surface area contributed by atoms with Crippen molar-refractivity contribution in [3.63, 3.8) is 0 Å². The van der Waals surface area contributed by atoms with E-state index in [1.54, 1.807) is 6.92 Å². The quantitative estimate of drug-likeness (QED) is 0.648. The van der Waals surface area contributed by atoms with E-state index in [2.05, 4.69) is 0 Å². The molecule has 0 aromatic heterocycles. The minimum atomic E-state index is -1.03. The fraction of sp³-hybridized carbons (Fsp3) is 0.300. The van der Waals surface area contributed by atoms with Gasteiger partial charge >= 0.3 is 0 Å². The van der Waals surface area contributed by atoms with E-state index in [1.165, 1.54) is 0 Å². The zero-order valence-electron chi connectivity index (χ0n) is 7.20. The molecule has 0 radical (unpaired) electrons. The Labute approximate surface area is 71.8 Å². The van der Waals surface area contributed by atoms with Crippen LogP contribution in [0.15, 0.2) is 24.3 Å². The van der Waals surface area contributed by atoms with Crippen LogP contribution < -0.4 is 5.11 Å². The molecule has 0 spiro atoms. The van der Waals surface area contributed by atoms with Crippen LogP contribution in [0.5, 0.6) is 0 Å². The summed E-state index contributed by atoms with van der Waals surface area (Å²) in [6, 6.07) is 7.43. The highest BCUT2D eigenvalue weighted by atomic mass is 16.4. The monoisotopic (exact) mass is 163 g/mol. The first-order chi connectivity index (χ1) is 5.61. The van der Waals surface area contributed by atoms with Crippen LogP contribution in [0, 0.1) is 6.92 Å². The van der Waals surface area contributed by atoms with Gasteiger partial charge in [-0.1, -0.05) is 36.8 Å². The highest BCUT2D eigenvalue weighted by molar-refractivity contribution is 5.73. The summed E-state index contributed by atoms with van der Waals surface area (Å²) < 4.78 is 0. The molecule has 0 unspecified atom stereocenters. The number of hydrogen-bond donors (Lipinski definition) is 0. The van der Waals surface area contributed by atoms with E-state index in [9.17, 15) is 9.90 Å². The van der Waals surface area contributed by atoms with E-state index in [0.29, 0.717) is 0 Å². The Balaban J connectivity index is 2.89. The van der Waals surface area contributed by atoms with Crippen molar-refractivity contribution in [2.75, 3.05) is 0 Å². The van der Waals surface area contributed by atoms with Crippen molar-refractivity contribution in [1.29, 1.82) is 0 Å².